The second-order valence-electron chi connectivity index (χ2n) is 6.75. The fraction of sp³-hybridized carbons (Fsp3) is 0.938. The highest BCUT2D eigenvalue weighted by molar-refractivity contribution is 5.82. The molecule has 0 spiro atoms. The summed E-state index contributed by atoms with van der Waals surface area (Å²) in [6, 6.07) is 0.0373. The predicted octanol–water partition coefficient (Wildman–Crippen LogP) is 0.890. The fourth-order valence-electron chi connectivity index (χ4n) is 4.14. The summed E-state index contributed by atoms with van der Waals surface area (Å²) in [5.74, 6) is 0.200. The van der Waals surface area contributed by atoms with E-state index in [9.17, 15) is 4.79 Å². The molecule has 3 aliphatic rings. The topological polar surface area (TPSA) is 53.6 Å². The van der Waals surface area contributed by atoms with E-state index in [1.54, 1.807) is 0 Å². The number of nitrogens with zero attached hydrogens (tertiary/aromatic N) is 1. The van der Waals surface area contributed by atoms with Crippen molar-refractivity contribution < 1.29 is 9.53 Å². The number of rotatable bonds is 4. The predicted molar refractivity (Wildman–Crippen MR) is 82.2 cm³/mol. The highest BCUT2D eigenvalue weighted by Crippen LogP contribution is 2.33. The van der Waals surface area contributed by atoms with Crippen LogP contribution in [0, 0.1) is 0 Å². The molecule has 1 unspecified atom stereocenters. The van der Waals surface area contributed by atoms with E-state index in [2.05, 4.69) is 15.5 Å². The van der Waals surface area contributed by atoms with Gasteiger partial charge in [-0.15, -0.1) is 0 Å². The van der Waals surface area contributed by atoms with E-state index in [0.29, 0.717) is 0 Å². The van der Waals surface area contributed by atoms with Crippen molar-refractivity contribution in [3.05, 3.63) is 0 Å². The lowest BCUT2D eigenvalue weighted by Gasteiger charge is -2.48. The summed E-state index contributed by atoms with van der Waals surface area (Å²) in [5, 5.41) is 6.54. The Balaban J connectivity index is 1.60. The molecule has 0 bridgehead atoms. The van der Waals surface area contributed by atoms with Crippen molar-refractivity contribution in [1.29, 1.82) is 0 Å². The van der Waals surface area contributed by atoms with Gasteiger partial charge in [0.1, 0.15) is 0 Å². The molecular formula is C16H29N3O2. The maximum Gasteiger partial charge on any atom is 0.237 e. The van der Waals surface area contributed by atoms with Gasteiger partial charge in [0.05, 0.1) is 19.3 Å². The summed E-state index contributed by atoms with van der Waals surface area (Å²) < 4.78 is 5.50. The van der Waals surface area contributed by atoms with Crippen LogP contribution in [0.25, 0.3) is 0 Å². The van der Waals surface area contributed by atoms with E-state index < -0.39 is 0 Å². The molecule has 120 valence electrons. The Morgan fingerprint density at radius 1 is 1.19 bits per heavy atom. The molecule has 1 saturated carbocycles. The maximum absolute atomic E-state index is 12.3. The van der Waals surface area contributed by atoms with Crippen LogP contribution >= 0.6 is 0 Å². The van der Waals surface area contributed by atoms with Gasteiger partial charge in [-0.2, -0.15) is 0 Å². The highest BCUT2D eigenvalue weighted by atomic mass is 16.5. The van der Waals surface area contributed by atoms with Crippen LogP contribution in [0.4, 0.5) is 0 Å². The molecule has 3 fully saturated rings. The number of amides is 1. The second kappa shape index (κ2) is 7.07. The SMILES string of the molecule is O=C(NCC1(N2CCOCC2)CCCCC1)C1CCCN1. The molecule has 1 aliphatic carbocycles. The van der Waals surface area contributed by atoms with E-state index in [-0.39, 0.29) is 17.5 Å². The molecule has 3 rings (SSSR count). The summed E-state index contributed by atoms with van der Waals surface area (Å²) in [4.78, 5) is 14.9. The van der Waals surface area contributed by atoms with Crippen molar-refractivity contribution in [3.63, 3.8) is 0 Å². The van der Waals surface area contributed by atoms with Gasteiger partial charge >= 0.3 is 0 Å². The van der Waals surface area contributed by atoms with Gasteiger partial charge in [-0.25, -0.2) is 0 Å². The first-order valence-electron chi connectivity index (χ1n) is 8.64. The number of carbonyl (C=O) groups excluding carboxylic acids is 1. The van der Waals surface area contributed by atoms with Crippen LogP contribution in [-0.4, -0.2) is 61.8 Å². The van der Waals surface area contributed by atoms with Crippen LogP contribution in [0.5, 0.6) is 0 Å². The molecular weight excluding hydrogens is 266 g/mol. The minimum absolute atomic E-state index is 0.0373. The van der Waals surface area contributed by atoms with E-state index in [1.165, 1.54) is 32.1 Å². The molecule has 1 amide bonds. The summed E-state index contributed by atoms with van der Waals surface area (Å²) in [7, 11) is 0. The molecule has 0 radical (unpaired) electrons. The monoisotopic (exact) mass is 295 g/mol. The van der Waals surface area contributed by atoms with Gasteiger partial charge in [0, 0.05) is 25.2 Å². The van der Waals surface area contributed by atoms with Gasteiger partial charge in [-0.1, -0.05) is 19.3 Å². The number of nitrogens with one attached hydrogen (secondary N) is 2. The Kier molecular flexibility index (Phi) is 5.14. The maximum atomic E-state index is 12.3. The van der Waals surface area contributed by atoms with E-state index in [0.717, 1.165) is 52.2 Å². The molecule has 21 heavy (non-hydrogen) atoms. The lowest BCUT2D eigenvalue weighted by atomic mass is 9.79. The van der Waals surface area contributed by atoms with Crippen LogP contribution < -0.4 is 10.6 Å². The fourth-order valence-corrected chi connectivity index (χ4v) is 4.14. The van der Waals surface area contributed by atoms with Gasteiger partial charge in [-0.05, 0) is 32.2 Å². The summed E-state index contributed by atoms with van der Waals surface area (Å²) in [5.41, 5.74) is 0.177. The normalized spacial score (nSPS) is 30.2. The largest absolute Gasteiger partial charge is 0.379 e. The third-order valence-electron chi connectivity index (χ3n) is 5.43. The molecule has 2 N–H and O–H groups in total. The minimum Gasteiger partial charge on any atom is -0.379 e. The molecule has 5 nitrogen and oxygen atoms in total. The summed E-state index contributed by atoms with van der Waals surface area (Å²) in [6.45, 7) is 5.48. The number of carbonyl (C=O) groups is 1. The van der Waals surface area contributed by atoms with Crippen LogP contribution in [0.3, 0.4) is 0 Å². The first-order valence-corrected chi connectivity index (χ1v) is 8.64. The molecule has 5 heteroatoms. The molecule has 1 atom stereocenters. The van der Waals surface area contributed by atoms with Crippen molar-refractivity contribution in [2.45, 2.75) is 56.5 Å². The van der Waals surface area contributed by atoms with Gasteiger partial charge < -0.3 is 15.4 Å². The first kappa shape index (κ1) is 15.3. The minimum atomic E-state index is 0.0373. The Hall–Kier alpha value is -0.650. The molecule has 0 aromatic carbocycles. The number of morpholine rings is 1. The number of hydrogen-bond acceptors (Lipinski definition) is 4. The zero-order valence-corrected chi connectivity index (χ0v) is 13.0. The third-order valence-corrected chi connectivity index (χ3v) is 5.43. The van der Waals surface area contributed by atoms with Gasteiger partial charge in [0.15, 0.2) is 0 Å². The smallest absolute Gasteiger partial charge is 0.237 e. The van der Waals surface area contributed by atoms with Crippen LogP contribution in [0.1, 0.15) is 44.9 Å². The Bertz CT molecular complexity index is 343. The van der Waals surface area contributed by atoms with E-state index in [4.69, 9.17) is 4.74 Å². The average molecular weight is 295 g/mol. The Labute approximate surface area is 127 Å². The van der Waals surface area contributed by atoms with Crippen molar-refractivity contribution in [1.82, 2.24) is 15.5 Å². The van der Waals surface area contributed by atoms with Gasteiger partial charge in [0.2, 0.25) is 5.91 Å². The van der Waals surface area contributed by atoms with Crippen LogP contribution in [0.2, 0.25) is 0 Å². The molecule has 2 heterocycles. The average Bonchev–Trinajstić information content (AvgIpc) is 3.09. The number of ether oxygens (including phenoxy) is 1. The van der Waals surface area contributed by atoms with E-state index >= 15 is 0 Å². The first-order chi connectivity index (χ1) is 10.3. The molecule has 0 aromatic rings. The van der Waals surface area contributed by atoms with Crippen molar-refractivity contribution in [2.75, 3.05) is 39.4 Å². The van der Waals surface area contributed by atoms with E-state index in [1.807, 2.05) is 0 Å². The highest BCUT2D eigenvalue weighted by Gasteiger charge is 2.39. The Morgan fingerprint density at radius 3 is 2.62 bits per heavy atom. The standard InChI is InChI=1S/C16H29N3O2/c20-15(14-5-4-8-17-14)18-13-16(6-2-1-3-7-16)19-9-11-21-12-10-19/h14,17H,1-13H2,(H,18,20). The molecule has 2 aliphatic heterocycles. The zero-order valence-electron chi connectivity index (χ0n) is 13.0. The van der Waals surface area contributed by atoms with Crippen molar-refractivity contribution in [3.8, 4) is 0 Å². The Morgan fingerprint density at radius 2 is 1.95 bits per heavy atom. The van der Waals surface area contributed by atoms with Gasteiger partial charge in [0.25, 0.3) is 0 Å². The third kappa shape index (κ3) is 3.58. The molecule has 2 saturated heterocycles. The lowest BCUT2D eigenvalue weighted by molar-refractivity contribution is -0.124. The zero-order chi connectivity index (χ0) is 14.5. The second-order valence-corrected chi connectivity index (χ2v) is 6.75. The quantitative estimate of drug-likeness (QED) is 0.809. The summed E-state index contributed by atoms with van der Waals surface area (Å²) in [6.07, 6.45) is 8.44. The lowest BCUT2D eigenvalue weighted by Crippen LogP contribution is -2.60. The van der Waals surface area contributed by atoms with Gasteiger partial charge in [-0.3, -0.25) is 9.69 Å². The van der Waals surface area contributed by atoms with Crippen molar-refractivity contribution >= 4 is 5.91 Å². The van der Waals surface area contributed by atoms with Crippen LogP contribution in [-0.2, 0) is 9.53 Å². The van der Waals surface area contributed by atoms with Crippen molar-refractivity contribution in [2.24, 2.45) is 0 Å². The molecule has 0 aromatic heterocycles. The van der Waals surface area contributed by atoms with Crippen LogP contribution in [0.15, 0.2) is 0 Å². The summed E-state index contributed by atoms with van der Waals surface area (Å²) >= 11 is 0. The number of hydrogen-bond donors (Lipinski definition) is 2.